The fourth-order valence-electron chi connectivity index (χ4n) is 1.88. The molecule has 2 N–H and O–H groups in total. The third kappa shape index (κ3) is 4.83. The third-order valence-corrected chi connectivity index (χ3v) is 4.05. The van der Waals surface area contributed by atoms with E-state index in [4.69, 9.17) is 0 Å². The quantitative estimate of drug-likeness (QED) is 0.824. The number of hydrogen-bond donors (Lipinski definition) is 2. The highest BCUT2D eigenvalue weighted by atomic mass is 32.2. The second kappa shape index (κ2) is 7.18. The molecule has 0 heterocycles. The van der Waals surface area contributed by atoms with Crippen molar-refractivity contribution in [2.24, 2.45) is 0 Å². The van der Waals surface area contributed by atoms with Crippen molar-refractivity contribution in [3.8, 4) is 5.75 Å². The molecular weight excluding hydrogens is 282 g/mol. The largest absolute Gasteiger partial charge is 0.506 e. The maximum atomic E-state index is 11.9. The number of anilines is 1. The minimum absolute atomic E-state index is 0.104. The summed E-state index contributed by atoms with van der Waals surface area (Å²) in [7, 11) is 0. The maximum absolute atomic E-state index is 11.9. The molecule has 0 aliphatic rings. The SMILES string of the molecule is Cc1ccc(CSCC(=O)Nc2ccc(C)cc2O)cc1. The standard InChI is InChI=1S/C17H19NO2S/c1-12-3-6-14(7-4-12)10-21-11-17(20)18-15-8-5-13(2)9-16(15)19/h3-9,19H,10-11H2,1-2H3,(H,18,20). The summed E-state index contributed by atoms with van der Waals surface area (Å²) >= 11 is 1.55. The van der Waals surface area contributed by atoms with Gasteiger partial charge >= 0.3 is 0 Å². The summed E-state index contributed by atoms with van der Waals surface area (Å²) < 4.78 is 0. The predicted molar refractivity (Wildman–Crippen MR) is 88.8 cm³/mol. The Morgan fingerprint density at radius 1 is 1.10 bits per heavy atom. The van der Waals surface area contributed by atoms with Gasteiger partial charge in [0.1, 0.15) is 5.75 Å². The van der Waals surface area contributed by atoms with Gasteiger partial charge in [0.05, 0.1) is 11.4 Å². The van der Waals surface area contributed by atoms with Crippen LogP contribution < -0.4 is 5.32 Å². The van der Waals surface area contributed by atoms with E-state index in [1.54, 1.807) is 23.9 Å². The summed E-state index contributed by atoms with van der Waals surface area (Å²) in [4.78, 5) is 11.9. The van der Waals surface area contributed by atoms with Crippen LogP contribution >= 0.6 is 11.8 Å². The Morgan fingerprint density at radius 3 is 2.43 bits per heavy atom. The number of carbonyl (C=O) groups excluding carboxylic acids is 1. The first-order valence-corrected chi connectivity index (χ1v) is 7.93. The lowest BCUT2D eigenvalue weighted by atomic mass is 10.2. The van der Waals surface area contributed by atoms with Crippen molar-refractivity contribution in [3.05, 3.63) is 59.2 Å². The number of amides is 1. The monoisotopic (exact) mass is 301 g/mol. The Morgan fingerprint density at radius 2 is 1.76 bits per heavy atom. The number of aromatic hydroxyl groups is 1. The molecule has 1 amide bonds. The number of rotatable bonds is 5. The lowest BCUT2D eigenvalue weighted by Crippen LogP contribution is -2.14. The van der Waals surface area contributed by atoms with Crippen LogP contribution in [0.15, 0.2) is 42.5 Å². The number of phenols is 1. The first-order valence-electron chi connectivity index (χ1n) is 6.77. The first kappa shape index (κ1) is 15.4. The molecule has 0 bridgehead atoms. The fourth-order valence-corrected chi connectivity index (χ4v) is 2.67. The molecule has 0 atom stereocenters. The summed E-state index contributed by atoms with van der Waals surface area (Å²) in [6.07, 6.45) is 0. The van der Waals surface area contributed by atoms with Crippen molar-refractivity contribution in [3.63, 3.8) is 0 Å². The molecule has 110 valence electrons. The van der Waals surface area contributed by atoms with Crippen LogP contribution in [0.25, 0.3) is 0 Å². The van der Waals surface area contributed by atoms with Crippen molar-refractivity contribution in [2.45, 2.75) is 19.6 Å². The van der Waals surface area contributed by atoms with Gasteiger partial charge in [-0.2, -0.15) is 0 Å². The average Bonchev–Trinajstić information content (AvgIpc) is 2.44. The van der Waals surface area contributed by atoms with Gasteiger partial charge in [0.2, 0.25) is 5.91 Å². The van der Waals surface area contributed by atoms with Crippen LogP contribution in [0.5, 0.6) is 5.75 Å². The molecule has 0 spiro atoms. The van der Waals surface area contributed by atoms with Gasteiger partial charge in [-0.3, -0.25) is 4.79 Å². The Hall–Kier alpha value is -1.94. The van der Waals surface area contributed by atoms with Crippen LogP contribution in [-0.2, 0) is 10.5 Å². The minimum Gasteiger partial charge on any atom is -0.506 e. The summed E-state index contributed by atoms with van der Waals surface area (Å²) in [6.45, 7) is 3.95. The van der Waals surface area contributed by atoms with Crippen LogP contribution in [0, 0.1) is 13.8 Å². The highest BCUT2D eigenvalue weighted by Crippen LogP contribution is 2.24. The van der Waals surface area contributed by atoms with Crippen LogP contribution in [-0.4, -0.2) is 16.8 Å². The van der Waals surface area contributed by atoms with Crippen molar-refractivity contribution >= 4 is 23.4 Å². The molecule has 21 heavy (non-hydrogen) atoms. The van der Waals surface area contributed by atoms with Crippen molar-refractivity contribution in [1.29, 1.82) is 0 Å². The topological polar surface area (TPSA) is 49.3 Å². The molecule has 0 aromatic heterocycles. The minimum atomic E-state index is -0.105. The van der Waals surface area contributed by atoms with Gasteiger partial charge in [-0.05, 0) is 37.1 Å². The molecule has 4 heteroatoms. The Bertz CT molecular complexity index is 623. The number of benzene rings is 2. The summed E-state index contributed by atoms with van der Waals surface area (Å²) in [5, 5.41) is 12.5. The second-order valence-electron chi connectivity index (χ2n) is 5.05. The predicted octanol–water partition coefficient (Wildman–Crippen LogP) is 3.88. The highest BCUT2D eigenvalue weighted by Gasteiger charge is 2.06. The zero-order valence-corrected chi connectivity index (χ0v) is 13.0. The van der Waals surface area contributed by atoms with E-state index in [1.807, 2.05) is 13.0 Å². The van der Waals surface area contributed by atoms with E-state index in [1.165, 1.54) is 11.1 Å². The van der Waals surface area contributed by atoms with E-state index < -0.39 is 0 Å². The van der Waals surface area contributed by atoms with Gasteiger partial charge in [0.15, 0.2) is 0 Å². The Kier molecular flexibility index (Phi) is 5.28. The molecular formula is C17H19NO2S. The zero-order valence-electron chi connectivity index (χ0n) is 12.2. The van der Waals surface area contributed by atoms with Crippen molar-refractivity contribution < 1.29 is 9.90 Å². The molecule has 0 fully saturated rings. The normalized spacial score (nSPS) is 10.4. The smallest absolute Gasteiger partial charge is 0.234 e. The van der Waals surface area contributed by atoms with E-state index in [0.29, 0.717) is 11.4 Å². The summed E-state index contributed by atoms with van der Waals surface area (Å²) in [6, 6.07) is 13.5. The molecule has 0 saturated carbocycles. The zero-order chi connectivity index (χ0) is 15.2. The number of aryl methyl sites for hydroxylation is 2. The van der Waals surface area contributed by atoms with Gasteiger partial charge < -0.3 is 10.4 Å². The fraction of sp³-hybridized carbons (Fsp3) is 0.235. The summed E-state index contributed by atoms with van der Waals surface area (Å²) in [5.41, 5.74) is 3.86. The van der Waals surface area contributed by atoms with E-state index in [-0.39, 0.29) is 11.7 Å². The molecule has 0 unspecified atom stereocenters. The van der Waals surface area contributed by atoms with E-state index in [0.717, 1.165) is 11.3 Å². The number of nitrogens with one attached hydrogen (secondary N) is 1. The summed E-state index contributed by atoms with van der Waals surface area (Å²) in [5.74, 6) is 1.16. The lowest BCUT2D eigenvalue weighted by Gasteiger charge is -2.08. The van der Waals surface area contributed by atoms with Crippen molar-refractivity contribution in [1.82, 2.24) is 0 Å². The van der Waals surface area contributed by atoms with Gasteiger partial charge in [-0.25, -0.2) is 0 Å². The number of hydrogen-bond acceptors (Lipinski definition) is 3. The number of carbonyl (C=O) groups is 1. The van der Waals surface area contributed by atoms with Crippen LogP contribution in [0.4, 0.5) is 5.69 Å². The Labute approximate surface area is 129 Å². The molecule has 0 aliphatic carbocycles. The molecule has 0 radical (unpaired) electrons. The van der Waals surface area contributed by atoms with Crippen molar-refractivity contribution in [2.75, 3.05) is 11.1 Å². The number of thioether (sulfide) groups is 1. The van der Waals surface area contributed by atoms with E-state index in [9.17, 15) is 9.90 Å². The number of phenolic OH excluding ortho intramolecular Hbond substituents is 1. The van der Waals surface area contributed by atoms with Crippen LogP contribution in [0.2, 0.25) is 0 Å². The third-order valence-electron chi connectivity index (χ3n) is 3.05. The maximum Gasteiger partial charge on any atom is 0.234 e. The van der Waals surface area contributed by atoms with Gasteiger partial charge in [0.25, 0.3) is 0 Å². The van der Waals surface area contributed by atoms with Crippen LogP contribution in [0.3, 0.4) is 0 Å². The van der Waals surface area contributed by atoms with E-state index in [2.05, 4.69) is 36.5 Å². The average molecular weight is 301 g/mol. The molecule has 2 aromatic rings. The van der Waals surface area contributed by atoms with Gasteiger partial charge in [0, 0.05) is 5.75 Å². The molecule has 0 aliphatic heterocycles. The Balaban J connectivity index is 1.81. The molecule has 2 aromatic carbocycles. The van der Waals surface area contributed by atoms with Gasteiger partial charge in [-0.15, -0.1) is 11.8 Å². The van der Waals surface area contributed by atoms with Gasteiger partial charge in [-0.1, -0.05) is 35.9 Å². The first-order chi connectivity index (χ1) is 10.0. The van der Waals surface area contributed by atoms with Crippen LogP contribution in [0.1, 0.15) is 16.7 Å². The molecule has 0 saturated heterocycles. The molecule has 3 nitrogen and oxygen atoms in total. The molecule has 2 rings (SSSR count). The highest BCUT2D eigenvalue weighted by molar-refractivity contribution is 7.99. The van der Waals surface area contributed by atoms with E-state index >= 15 is 0 Å². The second-order valence-corrected chi connectivity index (χ2v) is 6.03. The lowest BCUT2D eigenvalue weighted by molar-refractivity contribution is -0.113.